The highest BCUT2D eigenvalue weighted by molar-refractivity contribution is 6.05. The molecule has 2 aromatic heterocycles. The van der Waals surface area contributed by atoms with Gasteiger partial charge in [0.1, 0.15) is 5.69 Å². The summed E-state index contributed by atoms with van der Waals surface area (Å²) in [6.07, 6.45) is 5.10. The minimum absolute atomic E-state index is 0.236. The van der Waals surface area contributed by atoms with Gasteiger partial charge in [0.25, 0.3) is 5.91 Å². The summed E-state index contributed by atoms with van der Waals surface area (Å²) in [7, 11) is 3.85. The molecule has 0 unspecified atom stereocenters. The van der Waals surface area contributed by atoms with E-state index in [1.54, 1.807) is 24.7 Å². The maximum absolute atomic E-state index is 12.6. The lowest BCUT2D eigenvalue weighted by Crippen LogP contribution is -2.16. The molecule has 3 rings (SSSR count). The third-order valence-corrected chi connectivity index (χ3v) is 3.66. The van der Waals surface area contributed by atoms with Gasteiger partial charge in [0, 0.05) is 49.6 Å². The maximum Gasteiger partial charge on any atom is 0.274 e. The zero-order chi connectivity index (χ0) is 16.9. The van der Waals surface area contributed by atoms with E-state index in [0.717, 1.165) is 22.5 Å². The summed E-state index contributed by atoms with van der Waals surface area (Å²) >= 11 is 0. The molecule has 2 heterocycles. The highest BCUT2D eigenvalue weighted by Crippen LogP contribution is 2.27. The highest BCUT2D eigenvalue weighted by atomic mass is 16.1. The third kappa shape index (κ3) is 3.41. The van der Waals surface area contributed by atoms with E-state index < -0.39 is 0 Å². The zero-order valence-corrected chi connectivity index (χ0v) is 13.6. The van der Waals surface area contributed by atoms with Gasteiger partial charge in [0.2, 0.25) is 0 Å². The van der Waals surface area contributed by atoms with Gasteiger partial charge in [0.05, 0.1) is 0 Å². The van der Waals surface area contributed by atoms with Crippen molar-refractivity contribution in [3.05, 3.63) is 72.8 Å². The Morgan fingerprint density at radius 1 is 1.00 bits per heavy atom. The second kappa shape index (κ2) is 6.91. The Bertz CT molecular complexity index is 847. The van der Waals surface area contributed by atoms with Crippen molar-refractivity contribution in [2.75, 3.05) is 24.3 Å². The van der Waals surface area contributed by atoms with Crippen molar-refractivity contribution in [2.45, 2.75) is 0 Å². The van der Waals surface area contributed by atoms with E-state index in [-0.39, 0.29) is 5.91 Å². The van der Waals surface area contributed by atoms with Crippen LogP contribution in [0.1, 0.15) is 10.5 Å². The van der Waals surface area contributed by atoms with E-state index in [0.29, 0.717) is 5.69 Å². The average molecular weight is 318 g/mol. The first kappa shape index (κ1) is 15.7. The summed E-state index contributed by atoms with van der Waals surface area (Å²) in [4.78, 5) is 22.7. The van der Waals surface area contributed by atoms with Gasteiger partial charge in [-0.2, -0.15) is 0 Å². The predicted octanol–water partition coefficient (Wildman–Crippen LogP) is 3.46. The number of rotatable bonds is 4. The second-order valence-electron chi connectivity index (χ2n) is 5.53. The van der Waals surface area contributed by atoms with Gasteiger partial charge in [-0.05, 0) is 35.9 Å². The lowest BCUT2D eigenvalue weighted by atomic mass is 10.0. The molecule has 0 aliphatic heterocycles. The van der Waals surface area contributed by atoms with Crippen molar-refractivity contribution < 1.29 is 4.79 Å². The summed E-state index contributed by atoms with van der Waals surface area (Å²) in [6.45, 7) is 0. The summed E-state index contributed by atoms with van der Waals surface area (Å²) in [5.41, 5.74) is 3.99. The Balaban J connectivity index is 1.89. The SMILES string of the molecule is CN(C)c1ccnc(C(=O)Nc2ccccc2-c2ccncc2)c1. The number of hydrogen-bond donors (Lipinski definition) is 1. The maximum atomic E-state index is 12.6. The Labute approximate surface area is 141 Å². The number of para-hydroxylation sites is 1. The molecule has 24 heavy (non-hydrogen) atoms. The van der Waals surface area contributed by atoms with Gasteiger partial charge >= 0.3 is 0 Å². The summed E-state index contributed by atoms with van der Waals surface area (Å²) in [5, 5.41) is 2.95. The standard InChI is InChI=1S/C19H18N4O/c1-23(2)15-9-12-21-18(13-15)19(24)22-17-6-4-3-5-16(17)14-7-10-20-11-8-14/h3-13H,1-2H3,(H,22,24). The molecular weight excluding hydrogens is 300 g/mol. The first-order chi connectivity index (χ1) is 11.6. The monoisotopic (exact) mass is 318 g/mol. The Morgan fingerprint density at radius 2 is 1.75 bits per heavy atom. The molecule has 0 aliphatic carbocycles. The molecule has 1 amide bonds. The Hall–Kier alpha value is -3.21. The molecule has 0 aliphatic rings. The largest absolute Gasteiger partial charge is 0.378 e. The number of nitrogens with zero attached hydrogens (tertiary/aromatic N) is 3. The molecule has 0 saturated heterocycles. The highest BCUT2D eigenvalue weighted by Gasteiger charge is 2.12. The smallest absolute Gasteiger partial charge is 0.274 e. The normalized spacial score (nSPS) is 10.2. The van der Waals surface area contributed by atoms with Crippen LogP contribution in [0.25, 0.3) is 11.1 Å². The molecular formula is C19H18N4O. The lowest BCUT2D eigenvalue weighted by molar-refractivity contribution is 0.102. The summed E-state index contributed by atoms with van der Waals surface area (Å²) in [6, 6.07) is 15.1. The minimum Gasteiger partial charge on any atom is -0.378 e. The Kier molecular flexibility index (Phi) is 4.52. The van der Waals surface area contributed by atoms with Crippen LogP contribution in [0.3, 0.4) is 0 Å². The molecule has 0 bridgehead atoms. The molecule has 120 valence electrons. The zero-order valence-electron chi connectivity index (χ0n) is 13.6. The topological polar surface area (TPSA) is 58.1 Å². The Morgan fingerprint density at radius 3 is 2.50 bits per heavy atom. The van der Waals surface area contributed by atoms with E-state index in [9.17, 15) is 4.79 Å². The number of benzene rings is 1. The van der Waals surface area contributed by atoms with Crippen LogP contribution in [0.5, 0.6) is 0 Å². The molecule has 3 aromatic rings. The number of amides is 1. The first-order valence-corrected chi connectivity index (χ1v) is 7.59. The molecule has 0 atom stereocenters. The van der Waals surface area contributed by atoms with Gasteiger partial charge in [0.15, 0.2) is 0 Å². The van der Waals surface area contributed by atoms with E-state index in [4.69, 9.17) is 0 Å². The first-order valence-electron chi connectivity index (χ1n) is 7.59. The molecule has 0 spiro atoms. The van der Waals surface area contributed by atoms with E-state index in [2.05, 4.69) is 15.3 Å². The van der Waals surface area contributed by atoms with Crippen LogP contribution in [0.2, 0.25) is 0 Å². The predicted molar refractivity (Wildman–Crippen MR) is 96.2 cm³/mol. The van der Waals surface area contributed by atoms with Crippen molar-refractivity contribution >= 4 is 17.3 Å². The molecule has 5 heteroatoms. The van der Waals surface area contributed by atoms with Crippen molar-refractivity contribution in [3.63, 3.8) is 0 Å². The summed E-state index contributed by atoms with van der Waals surface area (Å²) < 4.78 is 0. The van der Waals surface area contributed by atoms with Crippen LogP contribution in [0, 0.1) is 0 Å². The van der Waals surface area contributed by atoms with E-state index in [1.165, 1.54) is 0 Å². The van der Waals surface area contributed by atoms with Crippen LogP contribution in [0.15, 0.2) is 67.1 Å². The number of pyridine rings is 2. The van der Waals surface area contributed by atoms with Crippen molar-refractivity contribution in [1.29, 1.82) is 0 Å². The molecule has 0 saturated carbocycles. The van der Waals surface area contributed by atoms with E-state index >= 15 is 0 Å². The molecule has 0 fully saturated rings. The third-order valence-electron chi connectivity index (χ3n) is 3.66. The fourth-order valence-corrected chi connectivity index (χ4v) is 2.38. The lowest BCUT2D eigenvalue weighted by Gasteiger charge is -2.14. The molecule has 0 radical (unpaired) electrons. The quantitative estimate of drug-likeness (QED) is 0.800. The van der Waals surface area contributed by atoms with Crippen molar-refractivity contribution in [3.8, 4) is 11.1 Å². The number of carbonyl (C=O) groups is 1. The molecule has 1 aromatic carbocycles. The van der Waals surface area contributed by atoms with Crippen LogP contribution in [-0.2, 0) is 0 Å². The number of aromatic nitrogens is 2. The average Bonchev–Trinajstić information content (AvgIpc) is 2.63. The van der Waals surface area contributed by atoms with Crippen LogP contribution < -0.4 is 10.2 Å². The van der Waals surface area contributed by atoms with Gasteiger partial charge in [-0.15, -0.1) is 0 Å². The van der Waals surface area contributed by atoms with Gasteiger partial charge in [-0.25, -0.2) is 0 Å². The van der Waals surface area contributed by atoms with Gasteiger partial charge in [-0.3, -0.25) is 14.8 Å². The van der Waals surface area contributed by atoms with Crippen molar-refractivity contribution in [2.24, 2.45) is 0 Å². The number of hydrogen-bond acceptors (Lipinski definition) is 4. The van der Waals surface area contributed by atoms with Gasteiger partial charge in [-0.1, -0.05) is 18.2 Å². The van der Waals surface area contributed by atoms with Crippen LogP contribution in [-0.4, -0.2) is 30.0 Å². The summed E-state index contributed by atoms with van der Waals surface area (Å²) in [5.74, 6) is -0.236. The number of nitrogens with one attached hydrogen (secondary N) is 1. The number of carbonyl (C=O) groups excluding carboxylic acids is 1. The van der Waals surface area contributed by atoms with Crippen molar-refractivity contribution in [1.82, 2.24) is 9.97 Å². The molecule has 1 N–H and O–H groups in total. The fourth-order valence-electron chi connectivity index (χ4n) is 2.38. The second-order valence-corrected chi connectivity index (χ2v) is 5.53. The van der Waals surface area contributed by atoms with Crippen LogP contribution >= 0.6 is 0 Å². The van der Waals surface area contributed by atoms with E-state index in [1.807, 2.05) is 61.5 Å². The minimum atomic E-state index is -0.236. The fraction of sp³-hybridized carbons (Fsp3) is 0.105. The van der Waals surface area contributed by atoms with Crippen LogP contribution in [0.4, 0.5) is 11.4 Å². The molecule has 5 nitrogen and oxygen atoms in total. The number of anilines is 2. The van der Waals surface area contributed by atoms with Gasteiger partial charge < -0.3 is 10.2 Å².